The maximum Gasteiger partial charge on any atom is 0.389 e. The third kappa shape index (κ3) is 3.83. The first kappa shape index (κ1) is 13.0. The summed E-state index contributed by atoms with van der Waals surface area (Å²) in [4.78, 5) is 0. The normalized spacial score (nSPS) is 13.9. The molecule has 0 saturated heterocycles. The maximum atomic E-state index is 13.4. The standard InChI is InChI=1S/C12H14F4/c1-8-3-4-10(11(13)7-8)9(2)5-6-12(14,15)16/h3-4,7,9H,5-6H2,1-2H3. The van der Waals surface area contributed by atoms with Gasteiger partial charge in [-0.15, -0.1) is 0 Å². The SMILES string of the molecule is Cc1ccc(C(C)CCC(F)(F)F)c(F)c1. The van der Waals surface area contributed by atoms with Gasteiger partial charge in [0.05, 0.1) is 0 Å². The fourth-order valence-electron chi connectivity index (χ4n) is 1.57. The zero-order valence-electron chi connectivity index (χ0n) is 9.24. The molecule has 4 heteroatoms. The van der Waals surface area contributed by atoms with Crippen LogP contribution in [-0.2, 0) is 0 Å². The van der Waals surface area contributed by atoms with E-state index in [0.717, 1.165) is 5.56 Å². The Morgan fingerprint density at radius 3 is 2.38 bits per heavy atom. The van der Waals surface area contributed by atoms with E-state index in [-0.39, 0.29) is 6.42 Å². The van der Waals surface area contributed by atoms with E-state index in [1.807, 2.05) is 0 Å². The Labute approximate surface area is 92.3 Å². The van der Waals surface area contributed by atoms with Crippen LogP contribution in [0, 0.1) is 12.7 Å². The zero-order chi connectivity index (χ0) is 12.3. The summed E-state index contributed by atoms with van der Waals surface area (Å²) in [7, 11) is 0. The Bertz CT molecular complexity index is 355. The Hall–Kier alpha value is -1.06. The molecule has 0 aliphatic carbocycles. The van der Waals surface area contributed by atoms with E-state index in [0.29, 0.717) is 5.56 Å². The monoisotopic (exact) mass is 234 g/mol. The molecule has 0 aromatic heterocycles. The number of alkyl halides is 3. The summed E-state index contributed by atoms with van der Waals surface area (Å²) in [5.74, 6) is -0.836. The maximum absolute atomic E-state index is 13.4. The molecule has 0 radical (unpaired) electrons. The van der Waals surface area contributed by atoms with Gasteiger partial charge in [-0.3, -0.25) is 0 Å². The molecule has 0 fully saturated rings. The lowest BCUT2D eigenvalue weighted by Gasteiger charge is -2.14. The molecule has 0 nitrogen and oxygen atoms in total. The molecule has 16 heavy (non-hydrogen) atoms. The van der Waals surface area contributed by atoms with Crippen LogP contribution in [0.15, 0.2) is 18.2 Å². The van der Waals surface area contributed by atoms with Gasteiger partial charge in [0.2, 0.25) is 0 Å². The third-order valence-corrected chi connectivity index (χ3v) is 2.55. The molecule has 0 aliphatic heterocycles. The van der Waals surface area contributed by atoms with Crippen molar-refractivity contribution in [3.05, 3.63) is 35.1 Å². The van der Waals surface area contributed by atoms with Crippen LogP contribution >= 0.6 is 0 Å². The second-order valence-corrected chi connectivity index (χ2v) is 4.08. The Morgan fingerprint density at radius 2 is 1.88 bits per heavy atom. The minimum absolute atomic E-state index is 0.0799. The van der Waals surface area contributed by atoms with Crippen molar-refractivity contribution in [1.29, 1.82) is 0 Å². The largest absolute Gasteiger partial charge is 0.389 e. The van der Waals surface area contributed by atoms with Crippen molar-refractivity contribution in [1.82, 2.24) is 0 Å². The average molecular weight is 234 g/mol. The molecule has 0 bridgehead atoms. The van der Waals surface area contributed by atoms with Crippen molar-refractivity contribution in [2.24, 2.45) is 0 Å². The highest BCUT2D eigenvalue weighted by Crippen LogP contribution is 2.29. The highest BCUT2D eigenvalue weighted by Gasteiger charge is 2.28. The second-order valence-electron chi connectivity index (χ2n) is 4.08. The van der Waals surface area contributed by atoms with Crippen LogP contribution in [0.25, 0.3) is 0 Å². The lowest BCUT2D eigenvalue weighted by atomic mass is 9.95. The summed E-state index contributed by atoms with van der Waals surface area (Å²) >= 11 is 0. The van der Waals surface area contributed by atoms with Gasteiger partial charge in [-0.1, -0.05) is 19.1 Å². The summed E-state index contributed by atoms with van der Waals surface area (Å²) in [6, 6.07) is 4.62. The summed E-state index contributed by atoms with van der Waals surface area (Å²) in [6.45, 7) is 3.35. The lowest BCUT2D eigenvalue weighted by molar-refractivity contribution is -0.136. The number of hydrogen-bond donors (Lipinski definition) is 0. The van der Waals surface area contributed by atoms with Gasteiger partial charge in [0.25, 0.3) is 0 Å². The van der Waals surface area contributed by atoms with Gasteiger partial charge in [0, 0.05) is 6.42 Å². The molecule has 90 valence electrons. The van der Waals surface area contributed by atoms with Crippen molar-refractivity contribution in [2.45, 2.75) is 38.8 Å². The number of halogens is 4. The second kappa shape index (κ2) is 4.85. The van der Waals surface area contributed by atoms with Gasteiger partial charge in [0.1, 0.15) is 5.82 Å². The average Bonchev–Trinajstić information content (AvgIpc) is 2.13. The molecule has 0 saturated carbocycles. The summed E-state index contributed by atoms with van der Waals surface area (Å²) in [5.41, 5.74) is 1.12. The van der Waals surface area contributed by atoms with Gasteiger partial charge in [-0.05, 0) is 36.5 Å². The molecule has 0 aliphatic rings. The molecule has 1 atom stereocenters. The van der Waals surface area contributed by atoms with Crippen molar-refractivity contribution in [2.75, 3.05) is 0 Å². The Morgan fingerprint density at radius 1 is 1.25 bits per heavy atom. The molecule has 1 unspecified atom stereocenters. The van der Waals surface area contributed by atoms with E-state index in [1.54, 1.807) is 26.0 Å². The number of aryl methyl sites for hydroxylation is 1. The van der Waals surface area contributed by atoms with Crippen LogP contribution in [0.2, 0.25) is 0 Å². The Kier molecular flexibility index (Phi) is 3.94. The van der Waals surface area contributed by atoms with E-state index in [2.05, 4.69) is 0 Å². The highest BCUT2D eigenvalue weighted by atomic mass is 19.4. The van der Waals surface area contributed by atoms with Crippen molar-refractivity contribution in [3.8, 4) is 0 Å². The molecular formula is C12H14F4. The van der Waals surface area contributed by atoms with Crippen LogP contribution < -0.4 is 0 Å². The number of hydrogen-bond acceptors (Lipinski definition) is 0. The Balaban J connectivity index is 2.70. The van der Waals surface area contributed by atoms with E-state index in [1.165, 1.54) is 6.07 Å². The fraction of sp³-hybridized carbons (Fsp3) is 0.500. The first-order valence-corrected chi connectivity index (χ1v) is 5.12. The van der Waals surface area contributed by atoms with E-state index in [9.17, 15) is 17.6 Å². The summed E-state index contributed by atoms with van der Waals surface area (Å²) in [6.07, 6.45) is -5.12. The first-order valence-electron chi connectivity index (χ1n) is 5.12. The highest BCUT2D eigenvalue weighted by molar-refractivity contribution is 5.26. The minimum Gasteiger partial charge on any atom is -0.207 e. The van der Waals surface area contributed by atoms with E-state index in [4.69, 9.17) is 0 Å². The molecule has 0 N–H and O–H groups in total. The van der Waals surface area contributed by atoms with Crippen molar-refractivity contribution >= 4 is 0 Å². The van der Waals surface area contributed by atoms with Crippen LogP contribution in [0.3, 0.4) is 0 Å². The van der Waals surface area contributed by atoms with Gasteiger partial charge in [-0.25, -0.2) is 4.39 Å². The van der Waals surface area contributed by atoms with Crippen LogP contribution in [0.1, 0.15) is 36.8 Å². The molecule has 1 aromatic carbocycles. The topological polar surface area (TPSA) is 0 Å². The minimum atomic E-state index is -4.17. The van der Waals surface area contributed by atoms with Gasteiger partial charge >= 0.3 is 6.18 Å². The fourth-order valence-corrected chi connectivity index (χ4v) is 1.57. The van der Waals surface area contributed by atoms with Crippen LogP contribution in [-0.4, -0.2) is 6.18 Å². The molecular weight excluding hydrogens is 220 g/mol. The van der Waals surface area contributed by atoms with Crippen LogP contribution in [0.4, 0.5) is 17.6 Å². The first-order chi connectivity index (χ1) is 7.29. The predicted octanol–water partition coefficient (Wildman–Crippen LogP) is 4.58. The number of benzene rings is 1. The molecule has 1 aromatic rings. The lowest BCUT2D eigenvalue weighted by Crippen LogP contribution is -2.09. The van der Waals surface area contributed by atoms with Crippen molar-refractivity contribution < 1.29 is 17.6 Å². The van der Waals surface area contributed by atoms with Gasteiger partial charge in [0.15, 0.2) is 0 Å². The van der Waals surface area contributed by atoms with Crippen molar-refractivity contribution in [3.63, 3.8) is 0 Å². The van der Waals surface area contributed by atoms with Gasteiger partial charge in [-0.2, -0.15) is 13.2 Å². The summed E-state index contributed by atoms with van der Waals surface area (Å²) in [5, 5.41) is 0. The van der Waals surface area contributed by atoms with Gasteiger partial charge < -0.3 is 0 Å². The quantitative estimate of drug-likeness (QED) is 0.671. The molecule has 0 heterocycles. The zero-order valence-corrected chi connectivity index (χ0v) is 9.24. The van der Waals surface area contributed by atoms with E-state index < -0.39 is 24.3 Å². The summed E-state index contributed by atoms with van der Waals surface area (Å²) < 4.78 is 49.4. The smallest absolute Gasteiger partial charge is 0.207 e. The molecule has 0 spiro atoms. The molecule has 0 amide bonds. The molecule has 1 rings (SSSR count). The third-order valence-electron chi connectivity index (χ3n) is 2.55. The van der Waals surface area contributed by atoms with Crippen LogP contribution in [0.5, 0.6) is 0 Å². The predicted molar refractivity (Wildman–Crippen MR) is 54.8 cm³/mol. The number of rotatable bonds is 3. The van der Waals surface area contributed by atoms with E-state index >= 15 is 0 Å².